The van der Waals surface area contributed by atoms with Crippen molar-refractivity contribution < 1.29 is 9.47 Å². The first kappa shape index (κ1) is 13.4. The summed E-state index contributed by atoms with van der Waals surface area (Å²) in [6, 6.07) is 8.22. The zero-order valence-electron chi connectivity index (χ0n) is 11.5. The SMILES string of the molecule is CNCc1ccc(OCC2CCC(C)(C)O2)cc1. The van der Waals surface area contributed by atoms with Crippen LogP contribution in [0.25, 0.3) is 0 Å². The van der Waals surface area contributed by atoms with E-state index in [-0.39, 0.29) is 11.7 Å². The van der Waals surface area contributed by atoms with Gasteiger partial charge in [-0.25, -0.2) is 0 Å². The van der Waals surface area contributed by atoms with Gasteiger partial charge >= 0.3 is 0 Å². The summed E-state index contributed by atoms with van der Waals surface area (Å²) in [5.74, 6) is 0.920. The lowest BCUT2D eigenvalue weighted by Gasteiger charge is -2.19. The van der Waals surface area contributed by atoms with Crippen LogP contribution in [-0.2, 0) is 11.3 Å². The maximum Gasteiger partial charge on any atom is 0.119 e. The van der Waals surface area contributed by atoms with Gasteiger partial charge in [-0.05, 0) is 51.4 Å². The van der Waals surface area contributed by atoms with Crippen molar-refractivity contribution in [2.45, 2.75) is 44.9 Å². The topological polar surface area (TPSA) is 30.5 Å². The molecule has 18 heavy (non-hydrogen) atoms. The highest BCUT2D eigenvalue weighted by molar-refractivity contribution is 5.27. The van der Waals surface area contributed by atoms with Gasteiger partial charge < -0.3 is 14.8 Å². The van der Waals surface area contributed by atoms with Crippen molar-refractivity contribution in [3.05, 3.63) is 29.8 Å². The van der Waals surface area contributed by atoms with Crippen LogP contribution in [0, 0.1) is 0 Å². The molecule has 1 unspecified atom stereocenters. The highest BCUT2D eigenvalue weighted by atomic mass is 16.6. The summed E-state index contributed by atoms with van der Waals surface area (Å²) < 4.78 is 11.7. The van der Waals surface area contributed by atoms with Gasteiger partial charge in [0.25, 0.3) is 0 Å². The fourth-order valence-electron chi connectivity index (χ4n) is 2.29. The van der Waals surface area contributed by atoms with Crippen molar-refractivity contribution in [2.24, 2.45) is 0 Å². The minimum absolute atomic E-state index is 0.0185. The fraction of sp³-hybridized carbons (Fsp3) is 0.600. The molecule has 1 aromatic rings. The van der Waals surface area contributed by atoms with E-state index in [9.17, 15) is 0 Å². The van der Waals surface area contributed by atoms with Gasteiger partial charge in [0.1, 0.15) is 12.4 Å². The van der Waals surface area contributed by atoms with E-state index in [1.165, 1.54) is 5.56 Å². The van der Waals surface area contributed by atoms with Crippen LogP contribution in [0.2, 0.25) is 0 Å². The summed E-state index contributed by atoms with van der Waals surface area (Å²) in [6.07, 6.45) is 2.43. The molecule has 2 rings (SSSR count). The van der Waals surface area contributed by atoms with E-state index in [1.54, 1.807) is 0 Å². The molecule has 1 fully saturated rings. The van der Waals surface area contributed by atoms with Gasteiger partial charge in [-0.2, -0.15) is 0 Å². The quantitative estimate of drug-likeness (QED) is 0.870. The molecule has 0 spiro atoms. The van der Waals surface area contributed by atoms with E-state index < -0.39 is 0 Å². The Morgan fingerprint density at radius 2 is 2.06 bits per heavy atom. The Bertz CT molecular complexity index is 373. The number of nitrogens with one attached hydrogen (secondary N) is 1. The Labute approximate surface area is 109 Å². The van der Waals surface area contributed by atoms with Crippen molar-refractivity contribution in [2.75, 3.05) is 13.7 Å². The summed E-state index contributed by atoms with van der Waals surface area (Å²) in [6.45, 7) is 5.81. The van der Waals surface area contributed by atoms with Gasteiger partial charge in [-0.15, -0.1) is 0 Å². The van der Waals surface area contributed by atoms with Crippen molar-refractivity contribution >= 4 is 0 Å². The third kappa shape index (κ3) is 3.72. The number of hydrogen-bond donors (Lipinski definition) is 1. The van der Waals surface area contributed by atoms with E-state index in [0.717, 1.165) is 25.1 Å². The minimum atomic E-state index is 0.0185. The summed E-state index contributed by atoms with van der Waals surface area (Å²) in [5.41, 5.74) is 1.29. The van der Waals surface area contributed by atoms with E-state index >= 15 is 0 Å². The van der Waals surface area contributed by atoms with Crippen molar-refractivity contribution in [1.82, 2.24) is 5.32 Å². The van der Waals surface area contributed by atoms with Crippen molar-refractivity contribution in [1.29, 1.82) is 0 Å². The number of rotatable bonds is 5. The van der Waals surface area contributed by atoms with E-state index in [2.05, 4.69) is 31.3 Å². The fourth-order valence-corrected chi connectivity index (χ4v) is 2.29. The first-order valence-corrected chi connectivity index (χ1v) is 6.63. The molecule has 1 aliphatic heterocycles. The highest BCUT2D eigenvalue weighted by Gasteiger charge is 2.31. The Balaban J connectivity index is 1.80. The van der Waals surface area contributed by atoms with Gasteiger partial charge in [0.2, 0.25) is 0 Å². The molecule has 100 valence electrons. The van der Waals surface area contributed by atoms with Gasteiger partial charge in [0, 0.05) is 6.54 Å². The molecule has 3 heteroatoms. The molecule has 0 saturated carbocycles. The molecule has 1 atom stereocenters. The average molecular weight is 249 g/mol. The Morgan fingerprint density at radius 1 is 1.33 bits per heavy atom. The van der Waals surface area contributed by atoms with Crippen LogP contribution < -0.4 is 10.1 Å². The summed E-state index contributed by atoms with van der Waals surface area (Å²) in [7, 11) is 1.95. The third-order valence-corrected chi connectivity index (χ3v) is 3.29. The Kier molecular flexibility index (Phi) is 4.25. The van der Waals surface area contributed by atoms with E-state index in [1.807, 2.05) is 19.2 Å². The largest absolute Gasteiger partial charge is 0.491 e. The zero-order chi connectivity index (χ0) is 13.0. The highest BCUT2D eigenvalue weighted by Crippen LogP contribution is 2.29. The third-order valence-electron chi connectivity index (χ3n) is 3.29. The molecule has 0 aromatic heterocycles. The van der Waals surface area contributed by atoms with Crippen LogP contribution >= 0.6 is 0 Å². The second-order valence-corrected chi connectivity index (χ2v) is 5.52. The molecule has 1 heterocycles. The first-order chi connectivity index (χ1) is 8.59. The summed E-state index contributed by atoms with van der Waals surface area (Å²) >= 11 is 0. The van der Waals surface area contributed by atoms with Gasteiger partial charge in [-0.3, -0.25) is 0 Å². The molecule has 1 N–H and O–H groups in total. The maximum atomic E-state index is 5.90. The van der Waals surface area contributed by atoms with Crippen LogP contribution in [0.4, 0.5) is 0 Å². The van der Waals surface area contributed by atoms with Crippen LogP contribution in [0.15, 0.2) is 24.3 Å². The monoisotopic (exact) mass is 249 g/mol. The molecule has 0 aliphatic carbocycles. The number of ether oxygens (including phenoxy) is 2. The Hall–Kier alpha value is -1.06. The number of hydrogen-bond acceptors (Lipinski definition) is 3. The van der Waals surface area contributed by atoms with Crippen LogP contribution in [0.1, 0.15) is 32.3 Å². The predicted octanol–water partition coefficient (Wildman–Crippen LogP) is 2.74. The lowest BCUT2D eigenvalue weighted by Crippen LogP contribution is -2.23. The van der Waals surface area contributed by atoms with E-state index in [0.29, 0.717) is 6.61 Å². The van der Waals surface area contributed by atoms with Crippen molar-refractivity contribution in [3.8, 4) is 5.75 Å². The molecule has 1 saturated heterocycles. The summed E-state index contributed by atoms with van der Waals surface area (Å²) in [5, 5.41) is 3.13. The molecule has 0 bridgehead atoms. The lowest BCUT2D eigenvalue weighted by molar-refractivity contribution is -0.0326. The second-order valence-electron chi connectivity index (χ2n) is 5.52. The molecule has 1 aromatic carbocycles. The smallest absolute Gasteiger partial charge is 0.119 e. The molecular weight excluding hydrogens is 226 g/mol. The number of benzene rings is 1. The van der Waals surface area contributed by atoms with Crippen LogP contribution in [0.5, 0.6) is 5.75 Å². The van der Waals surface area contributed by atoms with E-state index in [4.69, 9.17) is 9.47 Å². The predicted molar refractivity (Wildman–Crippen MR) is 72.9 cm³/mol. The standard InChI is InChI=1S/C15H23NO2/c1-15(2)9-8-14(18-15)11-17-13-6-4-12(5-7-13)10-16-3/h4-7,14,16H,8-11H2,1-3H3. The van der Waals surface area contributed by atoms with Crippen LogP contribution in [-0.4, -0.2) is 25.4 Å². The zero-order valence-corrected chi connectivity index (χ0v) is 11.5. The normalized spacial score (nSPS) is 22.1. The molecule has 3 nitrogen and oxygen atoms in total. The minimum Gasteiger partial charge on any atom is -0.491 e. The van der Waals surface area contributed by atoms with Crippen molar-refractivity contribution in [3.63, 3.8) is 0 Å². The van der Waals surface area contributed by atoms with Gasteiger partial charge in [-0.1, -0.05) is 12.1 Å². The molecule has 0 amide bonds. The lowest BCUT2D eigenvalue weighted by atomic mass is 10.1. The second kappa shape index (κ2) is 5.72. The Morgan fingerprint density at radius 3 is 2.61 bits per heavy atom. The van der Waals surface area contributed by atoms with Gasteiger partial charge in [0.05, 0.1) is 11.7 Å². The molecular formula is C15H23NO2. The van der Waals surface area contributed by atoms with Crippen LogP contribution in [0.3, 0.4) is 0 Å². The summed E-state index contributed by atoms with van der Waals surface area (Å²) in [4.78, 5) is 0. The van der Waals surface area contributed by atoms with Gasteiger partial charge in [0.15, 0.2) is 0 Å². The maximum absolute atomic E-state index is 5.90. The molecule has 0 radical (unpaired) electrons. The average Bonchev–Trinajstić information content (AvgIpc) is 2.69. The first-order valence-electron chi connectivity index (χ1n) is 6.63. The molecule has 1 aliphatic rings.